The number of carbonyl (C=O) groups is 2. The molecule has 4 N–H and O–H groups in total. The van der Waals surface area contributed by atoms with E-state index in [0.29, 0.717) is 24.6 Å². The van der Waals surface area contributed by atoms with Crippen molar-refractivity contribution in [3.8, 4) is 0 Å². The molecule has 0 aromatic carbocycles. The van der Waals surface area contributed by atoms with E-state index in [1.165, 1.54) is 0 Å². The third-order valence-corrected chi connectivity index (χ3v) is 5.84. The lowest BCUT2D eigenvalue weighted by molar-refractivity contribution is -0.137. The second-order valence-corrected chi connectivity index (χ2v) is 7.61. The average molecular weight is 357 g/mol. The fourth-order valence-corrected chi connectivity index (χ4v) is 4.57. The summed E-state index contributed by atoms with van der Waals surface area (Å²) in [6.45, 7) is 0.627. The number of ether oxygens (including phenoxy) is 1. The minimum Gasteiger partial charge on any atom is -0.481 e. The first kappa shape index (κ1) is 18.9. The van der Waals surface area contributed by atoms with Crippen LogP contribution in [0.15, 0.2) is 0 Å². The minimum absolute atomic E-state index is 0.0748. The number of hydrogen-bond acceptors (Lipinski definition) is 5. The van der Waals surface area contributed by atoms with Crippen LogP contribution in [0.5, 0.6) is 0 Å². The summed E-state index contributed by atoms with van der Waals surface area (Å²) in [5.41, 5.74) is 0. The van der Waals surface area contributed by atoms with Crippen molar-refractivity contribution in [2.24, 2.45) is 0 Å². The number of aliphatic carboxylic acids is 1. The van der Waals surface area contributed by atoms with Crippen molar-refractivity contribution >= 4 is 29.7 Å². The van der Waals surface area contributed by atoms with Gasteiger partial charge in [-0.25, -0.2) is 0 Å². The number of thioether (sulfide) groups is 1. The van der Waals surface area contributed by atoms with E-state index >= 15 is 0 Å². The van der Waals surface area contributed by atoms with Crippen molar-refractivity contribution < 1.29 is 19.4 Å². The van der Waals surface area contributed by atoms with Crippen molar-refractivity contribution in [2.75, 3.05) is 12.3 Å². The Hall–Kier alpha value is -1.44. The SMILES string of the molecule is N=C1NC2CS[C@@H](CCCCC(=O)NCCCCCC(=O)O)[C@H]2O1. The first-order valence-corrected chi connectivity index (χ1v) is 9.73. The minimum atomic E-state index is -0.763. The number of unbranched alkanes of at least 4 members (excludes halogenated alkanes) is 3. The molecule has 2 aliphatic heterocycles. The van der Waals surface area contributed by atoms with E-state index in [1.54, 1.807) is 0 Å². The van der Waals surface area contributed by atoms with E-state index in [4.69, 9.17) is 15.3 Å². The number of carboxylic acid groups (broad SMARTS) is 1. The highest BCUT2D eigenvalue weighted by Crippen LogP contribution is 2.35. The van der Waals surface area contributed by atoms with Gasteiger partial charge in [0.2, 0.25) is 5.91 Å². The maximum Gasteiger partial charge on any atom is 0.303 e. The number of carboxylic acids is 1. The van der Waals surface area contributed by atoms with Gasteiger partial charge in [0.05, 0.1) is 6.04 Å². The van der Waals surface area contributed by atoms with Crippen LogP contribution in [0.3, 0.4) is 0 Å². The number of rotatable bonds is 11. The number of carbonyl (C=O) groups excluding carboxylic acids is 1. The Labute approximate surface area is 146 Å². The Morgan fingerprint density at radius 1 is 1.25 bits per heavy atom. The van der Waals surface area contributed by atoms with Crippen LogP contribution < -0.4 is 10.6 Å². The van der Waals surface area contributed by atoms with Gasteiger partial charge in [0, 0.05) is 30.4 Å². The van der Waals surface area contributed by atoms with E-state index < -0.39 is 5.97 Å². The zero-order valence-electron chi connectivity index (χ0n) is 13.9. The van der Waals surface area contributed by atoms with Crippen LogP contribution in [0.2, 0.25) is 0 Å². The quantitative estimate of drug-likeness (QED) is 0.419. The van der Waals surface area contributed by atoms with Gasteiger partial charge in [-0.05, 0) is 25.7 Å². The van der Waals surface area contributed by atoms with Crippen LogP contribution >= 0.6 is 11.8 Å². The first-order chi connectivity index (χ1) is 11.6. The number of hydrogen-bond donors (Lipinski definition) is 4. The second kappa shape index (κ2) is 9.76. The summed E-state index contributed by atoms with van der Waals surface area (Å²) in [5.74, 6) is 0.298. The molecule has 8 heteroatoms. The molecule has 0 radical (unpaired) electrons. The van der Waals surface area contributed by atoms with E-state index in [9.17, 15) is 9.59 Å². The third-order valence-electron chi connectivity index (χ3n) is 4.36. The van der Waals surface area contributed by atoms with E-state index in [2.05, 4.69) is 10.6 Å². The Morgan fingerprint density at radius 3 is 2.83 bits per heavy atom. The predicted octanol–water partition coefficient (Wildman–Crippen LogP) is 1.72. The van der Waals surface area contributed by atoms with Gasteiger partial charge in [-0.3, -0.25) is 15.0 Å². The van der Waals surface area contributed by atoms with Crippen LogP contribution in [0.25, 0.3) is 0 Å². The number of amides is 1. The molecule has 2 saturated heterocycles. The Balaban J connectivity index is 1.45. The standard InChI is InChI=1S/C16H27N3O4S/c17-16-19-11-10-24-12(15(11)23-16)6-3-4-7-13(20)18-9-5-1-2-8-14(21)22/h11-12,15H,1-10H2,(H2,17,19)(H,18,20)(H,21,22)/t11?,12-,15-/m0/s1. The molecule has 0 aromatic rings. The fourth-order valence-electron chi connectivity index (χ4n) is 3.07. The van der Waals surface area contributed by atoms with Crippen LogP contribution in [0.4, 0.5) is 0 Å². The topological polar surface area (TPSA) is 112 Å². The van der Waals surface area contributed by atoms with Crippen LogP contribution in [-0.2, 0) is 14.3 Å². The summed E-state index contributed by atoms with van der Waals surface area (Å²) in [6, 6.07) is 0.468. The Kier molecular flexibility index (Phi) is 7.68. The molecule has 1 amide bonds. The highest BCUT2D eigenvalue weighted by molar-refractivity contribution is 8.00. The normalized spacial score (nSPS) is 25.0. The molecule has 1 unspecified atom stereocenters. The molecular weight excluding hydrogens is 330 g/mol. The van der Waals surface area contributed by atoms with Crippen LogP contribution in [0, 0.1) is 5.41 Å². The third kappa shape index (κ3) is 6.22. The van der Waals surface area contributed by atoms with E-state index in [-0.39, 0.29) is 30.5 Å². The zero-order valence-corrected chi connectivity index (χ0v) is 14.7. The van der Waals surface area contributed by atoms with Crippen molar-refractivity contribution in [3.63, 3.8) is 0 Å². The Bertz CT molecular complexity index is 461. The maximum atomic E-state index is 11.7. The highest BCUT2D eigenvalue weighted by atomic mass is 32.2. The molecular formula is C16H27N3O4S. The predicted molar refractivity (Wildman–Crippen MR) is 93.4 cm³/mol. The lowest BCUT2D eigenvalue weighted by Crippen LogP contribution is -2.32. The molecule has 2 aliphatic rings. The summed E-state index contributed by atoms with van der Waals surface area (Å²) in [6.07, 6.45) is 6.05. The van der Waals surface area contributed by atoms with Crippen molar-refractivity contribution in [1.82, 2.24) is 10.6 Å². The lowest BCUT2D eigenvalue weighted by atomic mass is 10.0. The average Bonchev–Trinajstić information content (AvgIpc) is 3.06. The molecule has 2 heterocycles. The van der Waals surface area contributed by atoms with Crippen molar-refractivity contribution in [1.29, 1.82) is 5.41 Å². The molecule has 136 valence electrons. The number of fused-ring (bicyclic) bond motifs is 1. The van der Waals surface area contributed by atoms with Gasteiger partial charge in [0.15, 0.2) is 0 Å². The molecule has 2 fully saturated rings. The lowest BCUT2D eigenvalue weighted by Gasteiger charge is -2.15. The number of nitrogens with one attached hydrogen (secondary N) is 3. The van der Waals surface area contributed by atoms with E-state index in [1.807, 2.05) is 11.8 Å². The summed E-state index contributed by atoms with van der Waals surface area (Å²) >= 11 is 1.89. The van der Waals surface area contributed by atoms with Crippen LogP contribution in [0.1, 0.15) is 51.4 Å². The van der Waals surface area contributed by atoms with Gasteiger partial charge in [0.1, 0.15) is 6.10 Å². The van der Waals surface area contributed by atoms with Gasteiger partial charge < -0.3 is 20.5 Å². The van der Waals surface area contributed by atoms with Gasteiger partial charge in [-0.1, -0.05) is 12.8 Å². The molecule has 24 heavy (non-hydrogen) atoms. The maximum absolute atomic E-state index is 11.7. The summed E-state index contributed by atoms with van der Waals surface area (Å²) < 4.78 is 5.51. The molecule has 0 spiro atoms. The van der Waals surface area contributed by atoms with Gasteiger partial charge in [-0.15, -0.1) is 0 Å². The molecule has 0 bridgehead atoms. The second-order valence-electron chi connectivity index (χ2n) is 6.33. The Morgan fingerprint density at radius 2 is 2.04 bits per heavy atom. The largest absolute Gasteiger partial charge is 0.481 e. The monoisotopic (exact) mass is 357 g/mol. The molecule has 7 nitrogen and oxygen atoms in total. The fraction of sp³-hybridized carbons (Fsp3) is 0.812. The van der Waals surface area contributed by atoms with Gasteiger partial charge in [0.25, 0.3) is 6.02 Å². The molecule has 3 atom stereocenters. The summed E-state index contributed by atoms with van der Waals surface area (Å²) in [7, 11) is 0. The van der Waals surface area contributed by atoms with Crippen molar-refractivity contribution in [2.45, 2.75) is 68.8 Å². The molecule has 2 rings (SSSR count). The molecule has 0 aliphatic carbocycles. The van der Waals surface area contributed by atoms with E-state index in [0.717, 1.165) is 37.9 Å². The van der Waals surface area contributed by atoms with Crippen molar-refractivity contribution in [3.05, 3.63) is 0 Å². The van der Waals surface area contributed by atoms with Crippen LogP contribution in [-0.4, -0.2) is 52.7 Å². The van der Waals surface area contributed by atoms with Gasteiger partial charge >= 0.3 is 5.97 Å². The zero-order chi connectivity index (χ0) is 17.4. The summed E-state index contributed by atoms with van der Waals surface area (Å²) in [4.78, 5) is 22.1. The smallest absolute Gasteiger partial charge is 0.303 e. The molecule has 0 saturated carbocycles. The highest BCUT2D eigenvalue weighted by Gasteiger charge is 2.43. The van der Waals surface area contributed by atoms with Gasteiger partial charge in [-0.2, -0.15) is 11.8 Å². The summed E-state index contributed by atoms with van der Waals surface area (Å²) in [5, 5.41) is 22.4. The number of amidine groups is 1. The first-order valence-electron chi connectivity index (χ1n) is 8.68. The molecule has 0 aromatic heterocycles.